The molecule has 0 aliphatic carbocycles. The molecule has 4 nitrogen and oxygen atoms in total. The van der Waals surface area contributed by atoms with E-state index in [1.54, 1.807) is 0 Å². The van der Waals surface area contributed by atoms with E-state index in [0.717, 1.165) is 24.5 Å². The molecular weight excluding hydrogens is 338 g/mol. The summed E-state index contributed by atoms with van der Waals surface area (Å²) in [6.07, 6.45) is -3.93. The molecule has 9 heteroatoms. The number of ether oxygens (including phenoxy) is 1. The molecule has 23 heavy (non-hydrogen) atoms. The van der Waals surface area contributed by atoms with Crippen molar-refractivity contribution >= 4 is 15.7 Å². The Hall–Kier alpha value is -2.29. The molecule has 0 aliphatic heterocycles. The Balaban J connectivity index is 2.34. The summed E-state index contributed by atoms with van der Waals surface area (Å²) in [5.74, 6) is -1.27. The van der Waals surface area contributed by atoms with Crippen molar-refractivity contribution in [2.75, 3.05) is 11.0 Å². The Bertz CT molecular complexity index is 819. The molecule has 0 fully saturated rings. The molecule has 0 bridgehead atoms. The van der Waals surface area contributed by atoms with Gasteiger partial charge in [0, 0.05) is 5.56 Å². The lowest BCUT2D eigenvalue weighted by Crippen LogP contribution is -2.17. The summed E-state index contributed by atoms with van der Waals surface area (Å²) in [5, 5.41) is 0. The number of halogens is 4. The SMILES string of the molecule is CS(=O)(=O)Nc1ccc(-c2cccc(OC(F)(F)F)c2)c(F)c1. The van der Waals surface area contributed by atoms with E-state index < -0.39 is 28.0 Å². The van der Waals surface area contributed by atoms with Gasteiger partial charge in [0.25, 0.3) is 0 Å². The topological polar surface area (TPSA) is 55.4 Å². The van der Waals surface area contributed by atoms with Crippen LogP contribution in [0.5, 0.6) is 5.75 Å². The third kappa shape index (κ3) is 5.13. The van der Waals surface area contributed by atoms with Gasteiger partial charge >= 0.3 is 6.36 Å². The van der Waals surface area contributed by atoms with Gasteiger partial charge in [0.15, 0.2) is 0 Å². The van der Waals surface area contributed by atoms with Crippen LogP contribution in [0.4, 0.5) is 23.2 Å². The summed E-state index contributed by atoms with van der Waals surface area (Å²) in [6.45, 7) is 0. The van der Waals surface area contributed by atoms with E-state index in [1.807, 2.05) is 0 Å². The Morgan fingerprint density at radius 3 is 2.35 bits per heavy atom. The Labute approximate surface area is 129 Å². The molecule has 0 spiro atoms. The minimum atomic E-state index is -4.85. The van der Waals surface area contributed by atoms with Crippen LogP contribution in [-0.2, 0) is 10.0 Å². The maximum Gasteiger partial charge on any atom is 0.573 e. The summed E-state index contributed by atoms with van der Waals surface area (Å²) >= 11 is 0. The van der Waals surface area contributed by atoms with Crippen molar-refractivity contribution in [3.05, 3.63) is 48.3 Å². The molecule has 2 aromatic carbocycles. The van der Waals surface area contributed by atoms with Gasteiger partial charge in [-0.2, -0.15) is 0 Å². The number of alkyl halides is 3. The first-order valence-corrected chi connectivity index (χ1v) is 8.06. The lowest BCUT2D eigenvalue weighted by molar-refractivity contribution is -0.274. The average molecular weight is 349 g/mol. The molecule has 1 N–H and O–H groups in total. The lowest BCUT2D eigenvalue weighted by Gasteiger charge is -2.11. The second-order valence-corrected chi connectivity index (χ2v) is 6.39. The molecule has 2 rings (SSSR count). The summed E-state index contributed by atoms with van der Waals surface area (Å²) in [7, 11) is -3.56. The van der Waals surface area contributed by atoms with E-state index in [4.69, 9.17) is 0 Å². The predicted octanol–water partition coefficient (Wildman–Crippen LogP) is 3.76. The van der Waals surface area contributed by atoms with E-state index in [2.05, 4.69) is 9.46 Å². The normalized spacial score (nSPS) is 12.0. The Kier molecular flexibility index (Phi) is 4.51. The summed E-state index contributed by atoms with van der Waals surface area (Å²) in [6, 6.07) is 8.33. The number of rotatable bonds is 4. The smallest absolute Gasteiger partial charge is 0.406 e. The molecule has 0 heterocycles. The van der Waals surface area contributed by atoms with E-state index in [1.165, 1.54) is 24.3 Å². The van der Waals surface area contributed by atoms with Gasteiger partial charge in [-0.25, -0.2) is 12.8 Å². The van der Waals surface area contributed by atoms with Crippen LogP contribution in [0.15, 0.2) is 42.5 Å². The fraction of sp³-hybridized carbons (Fsp3) is 0.143. The minimum absolute atomic E-state index is 0.0106. The molecule has 0 atom stereocenters. The van der Waals surface area contributed by atoms with Crippen molar-refractivity contribution in [2.24, 2.45) is 0 Å². The molecule has 0 unspecified atom stereocenters. The Morgan fingerprint density at radius 1 is 1.09 bits per heavy atom. The summed E-state index contributed by atoms with van der Waals surface area (Å²) in [4.78, 5) is 0. The second kappa shape index (κ2) is 6.07. The van der Waals surface area contributed by atoms with Crippen molar-refractivity contribution in [3.8, 4) is 16.9 Å². The van der Waals surface area contributed by atoms with Gasteiger partial charge in [0.05, 0.1) is 11.9 Å². The fourth-order valence-electron chi connectivity index (χ4n) is 1.89. The quantitative estimate of drug-likeness (QED) is 0.855. The zero-order valence-corrected chi connectivity index (χ0v) is 12.5. The number of hydrogen-bond donors (Lipinski definition) is 1. The van der Waals surface area contributed by atoms with Crippen LogP contribution in [-0.4, -0.2) is 21.0 Å². The highest BCUT2D eigenvalue weighted by atomic mass is 32.2. The van der Waals surface area contributed by atoms with Gasteiger partial charge in [0.1, 0.15) is 11.6 Å². The number of anilines is 1. The number of sulfonamides is 1. The van der Waals surface area contributed by atoms with Crippen LogP contribution < -0.4 is 9.46 Å². The average Bonchev–Trinajstić information content (AvgIpc) is 2.35. The number of hydrogen-bond acceptors (Lipinski definition) is 3. The van der Waals surface area contributed by atoms with Crippen molar-refractivity contribution in [3.63, 3.8) is 0 Å². The maximum absolute atomic E-state index is 14.1. The summed E-state index contributed by atoms with van der Waals surface area (Å²) < 4.78 is 78.8. The van der Waals surface area contributed by atoms with E-state index >= 15 is 0 Å². The first kappa shape index (κ1) is 17.1. The highest BCUT2D eigenvalue weighted by molar-refractivity contribution is 7.92. The molecule has 124 valence electrons. The number of nitrogens with one attached hydrogen (secondary N) is 1. The molecule has 2 aromatic rings. The number of benzene rings is 2. The van der Waals surface area contributed by atoms with Gasteiger partial charge < -0.3 is 4.74 Å². The van der Waals surface area contributed by atoms with E-state index in [0.29, 0.717) is 0 Å². The largest absolute Gasteiger partial charge is 0.573 e. The van der Waals surface area contributed by atoms with Crippen LogP contribution in [0.25, 0.3) is 11.1 Å². The van der Waals surface area contributed by atoms with Gasteiger partial charge in [0.2, 0.25) is 10.0 Å². The minimum Gasteiger partial charge on any atom is -0.406 e. The van der Waals surface area contributed by atoms with Gasteiger partial charge in [-0.3, -0.25) is 4.72 Å². The first-order valence-electron chi connectivity index (χ1n) is 6.17. The van der Waals surface area contributed by atoms with Gasteiger partial charge in [-0.1, -0.05) is 12.1 Å². The third-order valence-electron chi connectivity index (χ3n) is 2.65. The second-order valence-electron chi connectivity index (χ2n) is 4.64. The summed E-state index contributed by atoms with van der Waals surface area (Å²) in [5.41, 5.74) is 0.184. The molecular formula is C14H11F4NO3S. The molecule has 0 saturated heterocycles. The molecule has 0 aromatic heterocycles. The standard InChI is InChI=1S/C14H11F4NO3S/c1-23(20,21)19-10-5-6-12(13(15)8-10)9-3-2-4-11(7-9)22-14(16,17)18/h2-8,19H,1H3. The lowest BCUT2D eigenvalue weighted by atomic mass is 10.0. The highest BCUT2D eigenvalue weighted by Gasteiger charge is 2.31. The zero-order valence-electron chi connectivity index (χ0n) is 11.7. The van der Waals surface area contributed by atoms with Crippen molar-refractivity contribution in [1.29, 1.82) is 0 Å². The monoisotopic (exact) mass is 349 g/mol. The molecule has 0 amide bonds. The maximum atomic E-state index is 14.1. The third-order valence-corrected chi connectivity index (χ3v) is 3.26. The predicted molar refractivity (Wildman–Crippen MR) is 77.0 cm³/mol. The van der Waals surface area contributed by atoms with E-state index in [-0.39, 0.29) is 16.8 Å². The Morgan fingerprint density at radius 2 is 1.78 bits per heavy atom. The van der Waals surface area contributed by atoms with Gasteiger partial charge in [-0.05, 0) is 35.9 Å². The fourth-order valence-corrected chi connectivity index (χ4v) is 2.44. The van der Waals surface area contributed by atoms with Crippen molar-refractivity contribution in [2.45, 2.75) is 6.36 Å². The van der Waals surface area contributed by atoms with Crippen LogP contribution in [0, 0.1) is 5.82 Å². The van der Waals surface area contributed by atoms with Crippen LogP contribution >= 0.6 is 0 Å². The van der Waals surface area contributed by atoms with Gasteiger partial charge in [-0.15, -0.1) is 13.2 Å². The van der Waals surface area contributed by atoms with Crippen LogP contribution in [0.3, 0.4) is 0 Å². The zero-order chi connectivity index (χ0) is 17.3. The highest BCUT2D eigenvalue weighted by Crippen LogP contribution is 2.30. The molecule has 0 aliphatic rings. The van der Waals surface area contributed by atoms with Crippen molar-refractivity contribution in [1.82, 2.24) is 0 Å². The van der Waals surface area contributed by atoms with Crippen LogP contribution in [0.1, 0.15) is 0 Å². The first-order chi connectivity index (χ1) is 10.5. The molecule has 0 saturated carbocycles. The van der Waals surface area contributed by atoms with E-state index in [9.17, 15) is 26.0 Å². The molecule has 0 radical (unpaired) electrons. The van der Waals surface area contributed by atoms with Crippen molar-refractivity contribution < 1.29 is 30.7 Å². The van der Waals surface area contributed by atoms with Crippen LogP contribution in [0.2, 0.25) is 0 Å².